The van der Waals surface area contributed by atoms with Crippen molar-refractivity contribution in [1.82, 2.24) is 4.90 Å². The van der Waals surface area contributed by atoms with Crippen molar-refractivity contribution in [2.24, 2.45) is 0 Å². The predicted octanol–water partition coefficient (Wildman–Crippen LogP) is 4.97. The molecule has 0 aromatic heterocycles. The number of hydrogen-bond donors (Lipinski definition) is 0. The van der Waals surface area contributed by atoms with Crippen molar-refractivity contribution >= 4 is 34.4 Å². The Bertz CT molecular complexity index is 607. The van der Waals surface area contributed by atoms with Crippen molar-refractivity contribution in [3.63, 3.8) is 0 Å². The molecule has 4 nitrogen and oxygen atoms in total. The third-order valence-electron chi connectivity index (χ3n) is 4.53. The number of aryl methyl sites for hydroxylation is 1. The first kappa shape index (κ1) is 19.4. The van der Waals surface area contributed by atoms with E-state index in [1.165, 1.54) is 5.56 Å². The van der Waals surface area contributed by atoms with Gasteiger partial charge in [-0.1, -0.05) is 22.0 Å². The Morgan fingerprint density at radius 3 is 2.54 bits per heavy atom. The van der Waals surface area contributed by atoms with E-state index in [1.54, 1.807) is 4.90 Å². The maximum atomic E-state index is 12.2. The number of halogens is 2. The maximum absolute atomic E-state index is 12.2. The molecule has 2 aliphatic heterocycles. The highest BCUT2D eigenvalue weighted by atomic mass is 79.9. The van der Waals surface area contributed by atoms with Crippen LogP contribution in [0.5, 0.6) is 5.75 Å². The number of nitrogens with zero attached hydrogens (tertiary/aromatic N) is 1. The number of likely N-dealkylation sites (tertiary alicyclic amines) is 1. The monoisotopic (exact) mass is 417 g/mol. The molecule has 134 valence electrons. The number of carbonyl (C=O) groups excluding carboxylic acids is 1. The van der Waals surface area contributed by atoms with Crippen molar-refractivity contribution in [2.75, 3.05) is 13.1 Å². The fraction of sp³-hybridized carbons (Fsp3) is 0.611. The Balaban J connectivity index is 0.00000208. The summed E-state index contributed by atoms with van der Waals surface area (Å²) in [5.41, 5.74) is 0.693. The molecule has 0 radical (unpaired) electrons. The fourth-order valence-electron chi connectivity index (χ4n) is 3.25. The van der Waals surface area contributed by atoms with Crippen LogP contribution >= 0.6 is 28.3 Å². The van der Waals surface area contributed by atoms with Crippen LogP contribution in [-0.2, 0) is 11.2 Å². The molecule has 1 fully saturated rings. The molecular formula is C18H25BrClNO3. The van der Waals surface area contributed by atoms with Gasteiger partial charge in [0.25, 0.3) is 0 Å². The molecule has 1 aromatic rings. The Kier molecular flexibility index (Phi) is 5.75. The van der Waals surface area contributed by atoms with E-state index in [9.17, 15) is 4.79 Å². The van der Waals surface area contributed by atoms with E-state index in [2.05, 4.69) is 34.1 Å². The standard InChI is InChI=1S/C18H24BrNO3.ClH/c1-17(2,3)23-16(21)20-10-8-18(9-11-20)7-6-13-4-5-14(19)12-15(13)22-18;/h4-5,12H,6-11H2,1-3H3;1H. The summed E-state index contributed by atoms with van der Waals surface area (Å²) >= 11 is 3.51. The van der Waals surface area contributed by atoms with Crippen molar-refractivity contribution in [3.8, 4) is 5.75 Å². The lowest BCUT2D eigenvalue weighted by molar-refractivity contribution is -0.0272. The van der Waals surface area contributed by atoms with Crippen molar-refractivity contribution in [1.29, 1.82) is 0 Å². The minimum Gasteiger partial charge on any atom is -0.487 e. The summed E-state index contributed by atoms with van der Waals surface area (Å²) in [5.74, 6) is 0.983. The summed E-state index contributed by atoms with van der Waals surface area (Å²) in [6.07, 6.45) is 3.56. The summed E-state index contributed by atoms with van der Waals surface area (Å²) in [5, 5.41) is 0. The summed E-state index contributed by atoms with van der Waals surface area (Å²) < 4.78 is 12.9. The third kappa shape index (κ3) is 4.37. The van der Waals surface area contributed by atoms with Crippen LogP contribution in [0.2, 0.25) is 0 Å². The van der Waals surface area contributed by atoms with Gasteiger partial charge in [-0.2, -0.15) is 0 Å². The van der Waals surface area contributed by atoms with E-state index >= 15 is 0 Å². The van der Waals surface area contributed by atoms with E-state index in [0.29, 0.717) is 13.1 Å². The number of rotatable bonds is 0. The van der Waals surface area contributed by atoms with E-state index in [0.717, 1.165) is 35.9 Å². The van der Waals surface area contributed by atoms with Crippen LogP contribution in [0.3, 0.4) is 0 Å². The molecule has 0 aliphatic carbocycles. The average molecular weight is 419 g/mol. The van der Waals surface area contributed by atoms with Crippen LogP contribution in [0.4, 0.5) is 4.79 Å². The number of fused-ring (bicyclic) bond motifs is 1. The largest absolute Gasteiger partial charge is 0.487 e. The Morgan fingerprint density at radius 1 is 1.25 bits per heavy atom. The van der Waals surface area contributed by atoms with Gasteiger partial charge in [-0.25, -0.2) is 4.79 Å². The second-order valence-corrected chi connectivity index (χ2v) is 8.42. The van der Waals surface area contributed by atoms with Crippen molar-refractivity contribution in [3.05, 3.63) is 28.2 Å². The molecule has 2 heterocycles. The van der Waals surface area contributed by atoms with Crippen LogP contribution < -0.4 is 4.74 Å². The molecule has 0 saturated carbocycles. The lowest BCUT2D eigenvalue weighted by Gasteiger charge is -2.44. The second-order valence-electron chi connectivity index (χ2n) is 7.50. The Hall–Kier alpha value is -0.940. The van der Waals surface area contributed by atoms with Gasteiger partial charge in [0, 0.05) is 30.4 Å². The zero-order chi connectivity index (χ0) is 16.7. The number of benzene rings is 1. The van der Waals surface area contributed by atoms with Crippen LogP contribution in [0.15, 0.2) is 22.7 Å². The van der Waals surface area contributed by atoms with Gasteiger partial charge < -0.3 is 14.4 Å². The summed E-state index contributed by atoms with van der Waals surface area (Å²) in [4.78, 5) is 14.0. The smallest absolute Gasteiger partial charge is 0.410 e. The topological polar surface area (TPSA) is 38.8 Å². The molecule has 2 aliphatic rings. The third-order valence-corrected chi connectivity index (χ3v) is 5.03. The summed E-state index contributed by atoms with van der Waals surface area (Å²) in [6.45, 7) is 7.08. The minimum absolute atomic E-state index is 0. The van der Waals surface area contributed by atoms with Gasteiger partial charge in [-0.3, -0.25) is 0 Å². The zero-order valence-electron chi connectivity index (χ0n) is 14.4. The molecule has 3 rings (SSSR count). The average Bonchev–Trinajstić information content (AvgIpc) is 2.45. The van der Waals surface area contributed by atoms with Crippen molar-refractivity contribution in [2.45, 2.75) is 57.7 Å². The number of hydrogen-bond acceptors (Lipinski definition) is 3. The number of amides is 1. The van der Waals surface area contributed by atoms with Crippen LogP contribution in [-0.4, -0.2) is 35.3 Å². The van der Waals surface area contributed by atoms with Gasteiger partial charge in [0.1, 0.15) is 17.0 Å². The van der Waals surface area contributed by atoms with Gasteiger partial charge in [-0.15, -0.1) is 12.4 Å². The highest BCUT2D eigenvalue weighted by Gasteiger charge is 2.41. The SMILES string of the molecule is CC(C)(C)OC(=O)N1CCC2(CCc3ccc(Br)cc3O2)CC1.Cl. The molecule has 0 N–H and O–H groups in total. The summed E-state index contributed by atoms with van der Waals surface area (Å²) in [7, 11) is 0. The number of carbonyl (C=O) groups is 1. The lowest BCUT2D eigenvalue weighted by Crippen LogP contribution is -2.52. The molecule has 1 amide bonds. The molecule has 1 spiro atoms. The van der Waals surface area contributed by atoms with Gasteiger partial charge in [0.2, 0.25) is 0 Å². The van der Waals surface area contributed by atoms with E-state index in [1.807, 2.05) is 20.8 Å². The zero-order valence-corrected chi connectivity index (χ0v) is 16.8. The highest BCUT2D eigenvalue weighted by Crippen LogP contribution is 2.40. The molecule has 1 aromatic carbocycles. The van der Waals surface area contributed by atoms with E-state index < -0.39 is 5.60 Å². The fourth-order valence-corrected chi connectivity index (χ4v) is 3.59. The van der Waals surface area contributed by atoms with Gasteiger partial charge >= 0.3 is 6.09 Å². The maximum Gasteiger partial charge on any atom is 0.410 e. The van der Waals surface area contributed by atoms with Gasteiger partial charge in [-0.05, 0) is 51.3 Å². The van der Waals surface area contributed by atoms with E-state index in [-0.39, 0.29) is 24.1 Å². The summed E-state index contributed by atoms with van der Waals surface area (Å²) in [6, 6.07) is 6.24. The van der Waals surface area contributed by atoms with Gasteiger partial charge in [0.15, 0.2) is 0 Å². The normalized spacial score (nSPS) is 19.1. The molecule has 0 bridgehead atoms. The molecule has 0 unspecified atom stereocenters. The molecule has 0 atom stereocenters. The molecule has 1 saturated heterocycles. The number of ether oxygens (including phenoxy) is 2. The molecular weight excluding hydrogens is 394 g/mol. The quantitative estimate of drug-likeness (QED) is 0.597. The highest BCUT2D eigenvalue weighted by molar-refractivity contribution is 9.10. The molecule has 24 heavy (non-hydrogen) atoms. The number of piperidine rings is 1. The minimum atomic E-state index is -0.446. The predicted molar refractivity (Wildman–Crippen MR) is 100 cm³/mol. The van der Waals surface area contributed by atoms with Crippen LogP contribution in [0.25, 0.3) is 0 Å². The van der Waals surface area contributed by atoms with Crippen molar-refractivity contribution < 1.29 is 14.3 Å². The first-order valence-corrected chi connectivity index (χ1v) is 9.01. The van der Waals surface area contributed by atoms with Gasteiger partial charge in [0.05, 0.1) is 0 Å². The first-order valence-electron chi connectivity index (χ1n) is 8.22. The molecule has 6 heteroatoms. The lowest BCUT2D eigenvalue weighted by atomic mass is 9.83. The Morgan fingerprint density at radius 2 is 1.92 bits per heavy atom. The van der Waals surface area contributed by atoms with E-state index in [4.69, 9.17) is 9.47 Å². The second kappa shape index (κ2) is 7.12. The van der Waals surface area contributed by atoms with Crippen LogP contribution in [0, 0.1) is 0 Å². The van der Waals surface area contributed by atoms with Crippen LogP contribution in [0.1, 0.15) is 45.6 Å². The Labute approximate surface area is 158 Å². The first-order chi connectivity index (χ1) is 10.8.